The van der Waals surface area contributed by atoms with Crippen molar-refractivity contribution in [2.75, 3.05) is 26.0 Å². The van der Waals surface area contributed by atoms with Gasteiger partial charge in [0.05, 0.1) is 11.0 Å². The van der Waals surface area contributed by atoms with Crippen LogP contribution in [0.15, 0.2) is 48.5 Å². The van der Waals surface area contributed by atoms with Gasteiger partial charge >= 0.3 is 11.8 Å². The Morgan fingerprint density at radius 3 is 2.33 bits per heavy atom. The maximum Gasteiger partial charge on any atom is 0.313 e. The highest BCUT2D eigenvalue weighted by molar-refractivity contribution is 6.39. The molecule has 0 aliphatic heterocycles. The zero-order chi connectivity index (χ0) is 20.0. The predicted octanol–water partition coefficient (Wildman–Crippen LogP) is 2.09. The normalized spacial score (nSPS) is 11.7. The fraction of sp³-hybridized carbons (Fsp3) is 0.222. The summed E-state index contributed by atoms with van der Waals surface area (Å²) in [6.07, 6.45) is 0. The summed E-state index contributed by atoms with van der Waals surface area (Å²) in [5.74, 6) is -2.31. The number of carbonyl (C=O) groups is 2. The van der Waals surface area contributed by atoms with Crippen LogP contribution in [0.1, 0.15) is 11.6 Å². The number of para-hydroxylation sites is 2. The third-order valence-electron chi connectivity index (χ3n) is 3.89. The number of anilines is 1. The lowest BCUT2D eigenvalue weighted by molar-refractivity contribution is -0.383. The summed E-state index contributed by atoms with van der Waals surface area (Å²) in [6, 6.07) is 11.1. The lowest BCUT2D eigenvalue weighted by Gasteiger charge is -2.25. The monoisotopic (exact) mass is 374 g/mol. The number of carbonyl (C=O) groups excluding carboxylic acids is 2. The fourth-order valence-electron chi connectivity index (χ4n) is 2.47. The fourth-order valence-corrected chi connectivity index (χ4v) is 2.47. The van der Waals surface area contributed by atoms with Gasteiger partial charge in [-0.25, -0.2) is 4.39 Å². The molecule has 0 saturated heterocycles. The molecule has 0 unspecified atom stereocenters. The summed E-state index contributed by atoms with van der Waals surface area (Å²) in [7, 11) is 3.57. The van der Waals surface area contributed by atoms with Gasteiger partial charge in [-0.15, -0.1) is 0 Å². The van der Waals surface area contributed by atoms with Gasteiger partial charge in [-0.05, 0) is 37.9 Å². The molecule has 2 amide bonds. The van der Waals surface area contributed by atoms with Crippen LogP contribution in [-0.4, -0.2) is 42.3 Å². The van der Waals surface area contributed by atoms with Crippen LogP contribution in [0.4, 0.5) is 15.8 Å². The Morgan fingerprint density at radius 1 is 1.11 bits per heavy atom. The third-order valence-corrected chi connectivity index (χ3v) is 3.89. The molecule has 0 aromatic heterocycles. The molecule has 142 valence electrons. The van der Waals surface area contributed by atoms with Crippen LogP contribution in [0.5, 0.6) is 0 Å². The van der Waals surface area contributed by atoms with E-state index in [-0.39, 0.29) is 29.8 Å². The van der Waals surface area contributed by atoms with E-state index in [9.17, 15) is 24.1 Å². The maximum absolute atomic E-state index is 13.1. The van der Waals surface area contributed by atoms with Crippen molar-refractivity contribution in [2.24, 2.45) is 0 Å². The van der Waals surface area contributed by atoms with Gasteiger partial charge in [0.15, 0.2) is 0 Å². The molecular weight excluding hydrogens is 355 g/mol. The first-order valence-electron chi connectivity index (χ1n) is 8.04. The van der Waals surface area contributed by atoms with Crippen molar-refractivity contribution in [2.45, 2.75) is 6.04 Å². The van der Waals surface area contributed by atoms with Gasteiger partial charge in [0, 0.05) is 12.6 Å². The summed E-state index contributed by atoms with van der Waals surface area (Å²) >= 11 is 0. The Bertz CT molecular complexity index is 840. The molecule has 27 heavy (non-hydrogen) atoms. The molecule has 2 aromatic rings. The Balaban J connectivity index is 2.02. The highest BCUT2D eigenvalue weighted by Gasteiger charge is 2.21. The minimum Gasteiger partial charge on any atom is -0.346 e. The average Bonchev–Trinajstić information content (AvgIpc) is 2.63. The van der Waals surface area contributed by atoms with Crippen molar-refractivity contribution >= 4 is 23.2 Å². The van der Waals surface area contributed by atoms with Crippen LogP contribution in [0.3, 0.4) is 0 Å². The summed E-state index contributed by atoms with van der Waals surface area (Å²) in [5.41, 5.74) is 0.391. The molecule has 0 bridgehead atoms. The van der Waals surface area contributed by atoms with Crippen LogP contribution in [0.25, 0.3) is 0 Å². The number of amides is 2. The maximum atomic E-state index is 13.1. The minimum atomic E-state index is -1.01. The molecule has 0 aliphatic carbocycles. The van der Waals surface area contributed by atoms with Gasteiger partial charge in [-0.1, -0.05) is 24.3 Å². The molecule has 0 aliphatic rings. The molecule has 0 saturated carbocycles. The number of benzene rings is 2. The second-order valence-electron chi connectivity index (χ2n) is 5.97. The molecule has 8 nitrogen and oxygen atoms in total. The quantitative estimate of drug-likeness (QED) is 0.458. The average molecular weight is 374 g/mol. The third kappa shape index (κ3) is 5.32. The number of nitrogens with zero attached hydrogens (tertiary/aromatic N) is 2. The standard InChI is InChI=1S/C18H19FN4O4/c1-22(2)16(12-7-9-13(19)10-8-12)11-20-17(24)18(25)21-14-5-3-4-6-15(14)23(26)27/h3-10,16H,11H2,1-2H3,(H,20,24)(H,21,25)/t16-/m0/s1. The first-order valence-corrected chi connectivity index (χ1v) is 8.04. The van der Waals surface area contributed by atoms with Gasteiger partial charge in [0.2, 0.25) is 0 Å². The van der Waals surface area contributed by atoms with Gasteiger partial charge in [0.1, 0.15) is 11.5 Å². The summed E-state index contributed by atoms with van der Waals surface area (Å²) in [5, 5.41) is 15.7. The highest BCUT2D eigenvalue weighted by atomic mass is 19.1. The van der Waals surface area contributed by atoms with E-state index in [4.69, 9.17) is 0 Å². The zero-order valence-corrected chi connectivity index (χ0v) is 14.8. The van der Waals surface area contributed by atoms with E-state index in [1.165, 1.54) is 36.4 Å². The van der Waals surface area contributed by atoms with Gasteiger partial charge in [-0.3, -0.25) is 19.7 Å². The Labute approximate surface area is 155 Å². The van der Waals surface area contributed by atoms with Crippen LogP contribution in [0.2, 0.25) is 0 Å². The Kier molecular flexibility index (Phi) is 6.56. The molecule has 2 aromatic carbocycles. The van der Waals surface area contributed by atoms with Crippen LogP contribution < -0.4 is 10.6 Å². The zero-order valence-electron chi connectivity index (χ0n) is 14.8. The molecule has 0 radical (unpaired) electrons. The van der Waals surface area contributed by atoms with E-state index in [0.29, 0.717) is 0 Å². The Hall–Kier alpha value is -3.33. The molecule has 0 fully saturated rings. The van der Waals surface area contributed by atoms with Crippen molar-refractivity contribution in [1.29, 1.82) is 0 Å². The van der Waals surface area contributed by atoms with Crippen molar-refractivity contribution in [3.8, 4) is 0 Å². The van der Waals surface area contributed by atoms with Gasteiger partial charge in [-0.2, -0.15) is 0 Å². The van der Waals surface area contributed by atoms with E-state index < -0.39 is 16.7 Å². The van der Waals surface area contributed by atoms with Crippen LogP contribution in [-0.2, 0) is 9.59 Å². The molecule has 2 rings (SSSR count). The number of rotatable bonds is 6. The number of nitrogens with one attached hydrogen (secondary N) is 2. The summed E-state index contributed by atoms with van der Waals surface area (Å²) in [4.78, 5) is 36.2. The number of halogens is 1. The van der Waals surface area contributed by atoms with Gasteiger partial charge in [0.25, 0.3) is 5.69 Å². The van der Waals surface area contributed by atoms with E-state index in [1.54, 1.807) is 26.2 Å². The number of hydrogen-bond acceptors (Lipinski definition) is 5. The molecule has 0 spiro atoms. The van der Waals surface area contributed by atoms with E-state index in [1.807, 2.05) is 4.90 Å². The van der Waals surface area contributed by atoms with E-state index in [2.05, 4.69) is 10.6 Å². The van der Waals surface area contributed by atoms with Crippen molar-refractivity contribution in [3.63, 3.8) is 0 Å². The number of nitro groups is 1. The number of likely N-dealkylation sites (N-methyl/N-ethyl adjacent to an activating group) is 1. The SMILES string of the molecule is CN(C)[C@@H](CNC(=O)C(=O)Nc1ccccc1[N+](=O)[O-])c1ccc(F)cc1. The second kappa shape index (κ2) is 8.86. The van der Waals surface area contributed by atoms with Crippen molar-refractivity contribution in [3.05, 3.63) is 70.0 Å². The summed E-state index contributed by atoms with van der Waals surface area (Å²) in [6.45, 7) is 0.0990. The first-order chi connectivity index (χ1) is 12.8. The molecular formula is C18H19FN4O4. The van der Waals surface area contributed by atoms with E-state index in [0.717, 1.165) is 5.56 Å². The van der Waals surface area contributed by atoms with E-state index >= 15 is 0 Å². The number of nitro benzene ring substituents is 1. The molecule has 2 N–H and O–H groups in total. The predicted molar refractivity (Wildman–Crippen MR) is 97.6 cm³/mol. The van der Waals surface area contributed by atoms with Crippen LogP contribution in [0, 0.1) is 15.9 Å². The van der Waals surface area contributed by atoms with Gasteiger partial charge < -0.3 is 15.5 Å². The second-order valence-corrected chi connectivity index (χ2v) is 5.97. The summed E-state index contributed by atoms with van der Waals surface area (Å²) < 4.78 is 13.1. The first kappa shape index (κ1) is 20.0. The smallest absolute Gasteiger partial charge is 0.313 e. The minimum absolute atomic E-state index is 0.0645. The topological polar surface area (TPSA) is 105 Å². The molecule has 9 heteroatoms. The Morgan fingerprint density at radius 2 is 1.74 bits per heavy atom. The molecule has 0 heterocycles. The number of hydrogen-bond donors (Lipinski definition) is 2. The largest absolute Gasteiger partial charge is 0.346 e. The lowest BCUT2D eigenvalue weighted by Crippen LogP contribution is -2.40. The van der Waals surface area contributed by atoms with Crippen molar-refractivity contribution in [1.82, 2.24) is 10.2 Å². The van der Waals surface area contributed by atoms with Crippen LogP contribution >= 0.6 is 0 Å². The lowest BCUT2D eigenvalue weighted by atomic mass is 10.1. The highest BCUT2D eigenvalue weighted by Crippen LogP contribution is 2.23. The molecule has 1 atom stereocenters. The van der Waals surface area contributed by atoms with Crippen molar-refractivity contribution < 1.29 is 18.9 Å².